The summed E-state index contributed by atoms with van der Waals surface area (Å²) in [6.07, 6.45) is -0.936. The number of primary amides is 1. The van der Waals surface area contributed by atoms with Gasteiger partial charge in [-0.3, -0.25) is 14.4 Å². The Hall–Kier alpha value is -1.69. The molecule has 0 unspecified atom stereocenters. The highest BCUT2D eigenvalue weighted by molar-refractivity contribution is 7.14. The summed E-state index contributed by atoms with van der Waals surface area (Å²) in [7, 11) is 0. The standard InChI is InChI=1S/C12H15NO4S/c1-7-3-5-10(18-7)9(14)4-6-11(15)17-8(2)12(13)16/h3,5,8H,4,6H2,1-2H3,(H2,13,16)/t8-/m1/s1. The number of carbonyl (C=O) groups excluding carboxylic acids is 3. The Bertz CT molecular complexity index is 466. The molecule has 5 nitrogen and oxygen atoms in total. The van der Waals surface area contributed by atoms with Gasteiger partial charge in [0, 0.05) is 11.3 Å². The number of amides is 1. The van der Waals surface area contributed by atoms with E-state index in [4.69, 9.17) is 10.5 Å². The predicted molar refractivity (Wildman–Crippen MR) is 67.4 cm³/mol. The Morgan fingerprint density at radius 2 is 2.00 bits per heavy atom. The Balaban J connectivity index is 2.39. The van der Waals surface area contributed by atoms with Crippen LogP contribution in [0, 0.1) is 6.92 Å². The zero-order valence-corrected chi connectivity index (χ0v) is 11.1. The van der Waals surface area contributed by atoms with Crippen molar-refractivity contribution in [3.63, 3.8) is 0 Å². The minimum Gasteiger partial charge on any atom is -0.453 e. The first-order valence-electron chi connectivity index (χ1n) is 5.48. The van der Waals surface area contributed by atoms with Crippen molar-refractivity contribution in [2.24, 2.45) is 5.73 Å². The lowest BCUT2D eigenvalue weighted by molar-refractivity contribution is -0.153. The average molecular weight is 269 g/mol. The molecule has 0 aromatic carbocycles. The van der Waals surface area contributed by atoms with Crippen LogP contribution in [-0.4, -0.2) is 23.8 Å². The van der Waals surface area contributed by atoms with Gasteiger partial charge in [-0.2, -0.15) is 0 Å². The first-order chi connectivity index (χ1) is 8.40. The van der Waals surface area contributed by atoms with Gasteiger partial charge < -0.3 is 10.5 Å². The normalized spacial score (nSPS) is 11.9. The van der Waals surface area contributed by atoms with Crippen molar-refractivity contribution in [1.29, 1.82) is 0 Å². The van der Waals surface area contributed by atoms with Gasteiger partial charge in [0.25, 0.3) is 5.91 Å². The fourth-order valence-electron chi connectivity index (χ4n) is 1.24. The summed E-state index contributed by atoms with van der Waals surface area (Å²) >= 11 is 1.39. The summed E-state index contributed by atoms with van der Waals surface area (Å²) in [6.45, 7) is 3.30. The van der Waals surface area contributed by atoms with Crippen molar-refractivity contribution in [3.8, 4) is 0 Å². The molecule has 1 amide bonds. The van der Waals surface area contributed by atoms with E-state index in [1.54, 1.807) is 6.07 Å². The molecule has 98 valence electrons. The largest absolute Gasteiger partial charge is 0.453 e. The highest BCUT2D eigenvalue weighted by atomic mass is 32.1. The van der Waals surface area contributed by atoms with Crippen LogP contribution >= 0.6 is 11.3 Å². The lowest BCUT2D eigenvalue weighted by Crippen LogP contribution is -2.30. The van der Waals surface area contributed by atoms with Gasteiger partial charge in [0.2, 0.25) is 0 Å². The topological polar surface area (TPSA) is 86.5 Å². The van der Waals surface area contributed by atoms with Crippen LogP contribution in [0.15, 0.2) is 12.1 Å². The quantitative estimate of drug-likeness (QED) is 0.625. The van der Waals surface area contributed by atoms with Gasteiger partial charge in [-0.25, -0.2) is 0 Å². The molecule has 0 saturated heterocycles. The van der Waals surface area contributed by atoms with Crippen molar-refractivity contribution in [2.45, 2.75) is 32.8 Å². The molecular weight excluding hydrogens is 254 g/mol. The summed E-state index contributed by atoms with van der Waals surface area (Å²) in [4.78, 5) is 35.4. The highest BCUT2D eigenvalue weighted by Crippen LogP contribution is 2.17. The Morgan fingerprint density at radius 1 is 1.33 bits per heavy atom. The zero-order chi connectivity index (χ0) is 13.7. The number of carbonyl (C=O) groups is 3. The van der Waals surface area contributed by atoms with E-state index in [2.05, 4.69) is 0 Å². The number of thiophene rings is 1. The van der Waals surface area contributed by atoms with Crippen LogP contribution < -0.4 is 5.73 Å². The van der Waals surface area contributed by atoms with Crippen LogP contribution in [0.5, 0.6) is 0 Å². The predicted octanol–water partition coefficient (Wildman–Crippen LogP) is 1.44. The van der Waals surface area contributed by atoms with E-state index < -0.39 is 18.0 Å². The van der Waals surface area contributed by atoms with E-state index in [9.17, 15) is 14.4 Å². The van der Waals surface area contributed by atoms with Gasteiger partial charge in [0.15, 0.2) is 11.9 Å². The molecule has 0 radical (unpaired) electrons. The number of esters is 1. The third-order valence-electron chi connectivity index (χ3n) is 2.28. The fraction of sp³-hybridized carbons (Fsp3) is 0.417. The van der Waals surface area contributed by atoms with E-state index in [1.807, 2.05) is 13.0 Å². The van der Waals surface area contributed by atoms with Crippen LogP contribution in [0.2, 0.25) is 0 Å². The van der Waals surface area contributed by atoms with Crippen molar-refractivity contribution >= 4 is 29.0 Å². The number of ether oxygens (including phenoxy) is 1. The monoisotopic (exact) mass is 269 g/mol. The van der Waals surface area contributed by atoms with Gasteiger partial charge in [-0.05, 0) is 26.0 Å². The molecular formula is C12H15NO4S. The minimum absolute atomic E-state index is 0.0482. The van der Waals surface area contributed by atoms with Crippen LogP contribution in [0.3, 0.4) is 0 Å². The maximum Gasteiger partial charge on any atom is 0.307 e. The fourth-order valence-corrected chi connectivity index (χ4v) is 2.07. The first-order valence-corrected chi connectivity index (χ1v) is 6.30. The first kappa shape index (κ1) is 14.4. The van der Waals surface area contributed by atoms with Gasteiger partial charge in [-0.1, -0.05) is 0 Å². The van der Waals surface area contributed by atoms with Crippen LogP contribution in [-0.2, 0) is 14.3 Å². The lowest BCUT2D eigenvalue weighted by Gasteiger charge is -2.08. The molecule has 0 aliphatic carbocycles. The Morgan fingerprint density at radius 3 is 2.50 bits per heavy atom. The molecule has 0 bridgehead atoms. The van der Waals surface area contributed by atoms with Crippen molar-refractivity contribution in [3.05, 3.63) is 21.9 Å². The zero-order valence-electron chi connectivity index (χ0n) is 10.3. The van der Waals surface area contributed by atoms with Crippen LogP contribution in [0.25, 0.3) is 0 Å². The van der Waals surface area contributed by atoms with E-state index in [-0.39, 0.29) is 18.6 Å². The molecule has 0 spiro atoms. The van der Waals surface area contributed by atoms with E-state index in [0.29, 0.717) is 4.88 Å². The number of rotatable bonds is 6. The van der Waals surface area contributed by atoms with Gasteiger partial charge >= 0.3 is 5.97 Å². The number of aryl methyl sites for hydroxylation is 1. The second-order valence-corrected chi connectivity index (χ2v) is 5.16. The van der Waals surface area contributed by atoms with Crippen molar-refractivity contribution < 1.29 is 19.1 Å². The van der Waals surface area contributed by atoms with Crippen molar-refractivity contribution in [2.75, 3.05) is 0 Å². The molecule has 1 aromatic rings. The third-order valence-corrected chi connectivity index (χ3v) is 3.32. The van der Waals surface area contributed by atoms with Gasteiger partial charge in [-0.15, -0.1) is 11.3 Å². The molecule has 0 aliphatic heterocycles. The molecule has 0 saturated carbocycles. The summed E-state index contributed by atoms with van der Waals surface area (Å²) < 4.78 is 4.74. The molecule has 18 heavy (non-hydrogen) atoms. The number of ketones is 1. The second-order valence-electron chi connectivity index (χ2n) is 3.87. The molecule has 1 aromatic heterocycles. The lowest BCUT2D eigenvalue weighted by atomic mass is 10.2. The maximum absolute atomic E-state index is 11.7. The molecule has 0 fully saturated rings. The van der Waals surface area contributed by atoms with Crippen LogP contribution in [0.1, 0.15) is 34.3 Å². The van der Waals surface area contributed by atoms with Gasteiger partial charge in [0.1, 0.15) is 0 Å². The SMILES string of the molecule is Cc1ccc(C(=O)CCC(=O)O[C@H](C)C(N)=O)s1. The number of hydrogen-bond acceptors (Lipinski definition) is 5. The summed E-state index contributed by atoms with van der Waals surface area (Å²) in [6, 6.07) is 3.59. The molecule has 1 rings (SSSR count). The molecule has 2 N–H and O–H groups in total. The van der Waals surface area contributed by atoms with Crippen LogP contribution in [0.4, 0.5) is 0 Å². The minimum atomic E-state index is -0.961. The summed E-state index contributed by atoms with van der Waals surface area (Å²) in [5, 5.41) is 0. The molecule has 1 atom stereocenters. The van der Waals surface area contributed by atoms with E-state index in [1.165, 1.54) is 18.3 Å². The Labute approximate surface area is 109 Å². The average Bonchev–Trinajstić information content (AvgIpc) is 2.72. The highest BCUT2D eigenvalue weighted by Gasteiger charge is 2.16. The smallest absolute Gasteiger partial charge is 0.307 e. The van der Waals surface area contributed by atoms with E-state index in [0.717, 1.165) is 4.88 Å². The Kier molecular flexibility index (Phi) is 5.03. The third kappa shape index (κ3) is 4.29. The van der Waals surface area contributed by atoms with E-state index >= 15 is 0 Å². The number of nitrogens with two attached hydrogens (primary N) is 1. The maximum atomic E-state index is 11.7. The number of Topliss-reactive ketones (excluding diaryl/α,β-unsaturated/α-hetero) is 1. The number of hydrogen-bond donors (Lipinski definition) is 1. The molecule has 6 heteroatoms. The molecule has 0 aliphatic rings. The van der Waals surface area contributed by atoms with Gasteiger partial charge in [0.05, 0.1) is 11.3 Å². The second kappa shape index (κ2) is 6.30. The molecule has 1 heterocycles. The summed E-state index contributed by atoms with van der Waals surface area (Å²) in [5.41, 5.74) is 4.95. The summed E-state index contributed by atoms with van der Waals surface area (Å²) in [5.74, 6) is -1.40. The van der Waals surface area contributed by atoms with Crippen molar-refractivity contribution in [1.82, 2.24) is 0 Å².